The highest BCUT2D eigenvalue weighted by Crippen LogP contribution is 2.13. The Morgan fingerprint density at radius 2 is 2.40 bits per heavy atom. The van der Waals surface area contributed by atoms with Crippen molar-refractivity contribution >= 4 is 11.5 Å². The first-order valence-electron chi connectivity index (χ1n) is 4.77. The fraction of sp³-hybridized carbons (Fsp3) is 0.556. The van der Waals surface area contributed by atoms with Crippen LogP contribution in [0.4, 0.5) is 11.5 Å². The monoisotopic (exact) mass is 212 g/mol. The molecule has 6 nitrogen and oxygen atoms in total. The Morgan fingerprint density at radius 1 is 1.67 bits per heavy atom. The molecular weight excluding hydrogens is 196 g/mol. The summed E-state index contributed by atoms with van der Waals surface area (Å²) in [6.45, 7) is 3.93. The van der Waals surface area contributed by atoms with Gasteiger partial charge in [0.2, 0.25) is 0 Å². The third-order valence-electron chi connectivity index (χ3n) is 2.11. The van der Waals surface area contributed by atoms with Gasteiger partial charge in [-0.05, 0) is 6.92 Å². The van der Waals surface area contributed by atoms with E-state index in [1.54, 1.807) is 7.11 Å². The van der Waals surface area contributed by atoms with Crippen LogP contribution in [0.5, 0.6) is 0 Å². The number of hydrogen-bond acceptors (Lipinski definition) is 5. The number of methoxy groups -OCH3 is 1. The molecule has 0 spiro atoms. The van der Waals surface area contributed by atoms with E-state index in [1.165, 1.54) is 6.33 Å². The van der Waals surface area contributed by atoms with Gasteiger partial charge in [0, 0.05) is 20.2 Å². The number of nitrogens with one attached hydrogen (secondary N) is 1. The minimum absolute atomic E-state index is 0.149. The predicted octanol–water partition coefficient (Wildman–Crippen LogP) is -0.175. The van der Waals surface area contributed by atoms with Crippen LogP contribution in [0, 0.1) is 0 Å². The summed E-state index contributed by atoms with van der Waals surface area (Å²) in [7, 11) is 1.63. The maximum atomic E-state index is 11.3. The van der Waals surface area contributed by atoms with Crippen LogP contribution >= 0.6 is 0 Å². The van der Waals surface area contributed by atoms with Gasteiger partial charge in [0.05, 0.1) is 12.9 Å². The summed E-state index contributed by atoms with van der Waals surface area (Å²) in [5, 5.41) is 0. The standard InChI is InChI=1S/C9H16N4O2/c1-3-13(4-5-15-2)8-7(10)9(14)12-6-11-8/h6H,3-5,10H2,1-2H3,(H,11,12,14). The van der Waals surface area contributed by atoms with Gasteiger partial charge in [0.1, 0.15) is 5.69 Å². The largest absolute Gasteiger partial charge is 0.391 e. The number of H-pyrrole nitrogens is 1. The van der Waals surface area contributed by atoms with Crippen molar-refractivity contribution in [3.63, 3.8) is 0 Å². The van der Waals surface area contributed by atoms with Crippen molar-refractivity contribution in [1.82, 2.24) is 9.97 Å². The molecule has 1 aromatic heterocycles. The average Bonchev–Trinajstić information content (AvgIpc) is 2.25. The van der Waals surface area contributed by atoms with E-state index < -0.39 is 0 Å². The zero-order valence-electron chi connectivity index (χ0n) is 8.99. The lowest BCUT2D eigenvalue weighted by Gasteiger charge is -2.21. The van der Waals surface area contributed by atoms with E-state index in [1.807, 2.05) is 11.8 Å². The van der Waals surface area contributed by atoms with E-state index in [4.69, 9.17) is 10.5 Å². The molecule has 1 aromatic rings. The summed E-state index contributed by atoms with van der Waals surface area (Å²) < 4.78 is 4.97. The van der Waals surface area contributed by atoms with Crippen molar-refractivity contribution in [2.24, 2.45) is 0 Å². The summed E-state index contributed by atoms with van der Waals surface area (Å²) in [5.74, 6) is 0.512. The van der Waals surface area contributed by atoms with E-state index in [0.717, 1.165) is 6.54 Å². The highest BCUT2D eigenvalue weighted by molar-refractivity contribution is 5.60. The quantitative estimate of drug-likeness (QED) is 0.707. The molecule has 0 aliphatic rings. The number of hydrogen-bond donors (Lipinski definition) is 2. The first-order chi connectivity index (χ1) is 7.20. The number of ether oxygens (including phenoxy) is 1. The number of aromatic nitrogens is 2. The van der Waals surface area contributed by atoms with Gasteiger partial charge in [-0.15, -0.1) is 0 Å². The summed E-state index contributed by atoms with van der Waals surface area (Å²) >= 11 is 0. The molecule has 0 bridgehead atoms. The number of nitrogens with two attached hydrogens (primary N) is 1. The molecule has 0 aliphatic carbocycles. The number of nitrogens with zero attached hydrogens (tertiary/aromatic N) is 2. The van der Waals surface area contributed by atoms with Gasteiger partial charge < -0.3 is 20.4 Å². The van der Waals surface area contributed by atoms with Gasteiger partial charge >= 0.3 is 0 Å². The Hall–Kier alpha value is -1.56. The van der Waals surface area contributed by atoms with Gasteiger partial charge in [0.15, 0.2) is 5.82 Å². The highest BCUT2D eigenvalue weighted by Gasteiger charge is 2.11. The van der Waals surface area contributed by atoms with Gasteiger partial charge in [-0.1, -0.05) is 0 Å². The Morgan fingerprint density at radius 3 is 3.00 bits per heavy atom. The lowest BCUT2D eigenvalue weighted by atomic mass is 10.4. The first-order valence-corrected chi connectivity index (χ1v) is 4.77. The third kappa shape index (κ3) is 2.69. The van der Waals surface area contributed by atoms with Crippen molar-refractivity contribution in [3.8, 4) is 0 Å². The molecule has 0 saturated heterocycles. The minimum Gasteiger partial charge on any atom is -0.391 e. The normalized spacial score (nSPS) is 10.3. The van der Waals surface area contributed by atoms with Crippen LogP contribution in [0.1, 0.15) is 6.92 Å². The van der Waals surface area contributed by atoms with Crippen LogP contribution in [0.25, 0.3) is 0 Å². The Bertz CT molecular complexity index is 363. The van der Waals surface area contributed by atoms with Crippen LogP contribution in [-0.2, 0) is 4.74 Å². The number of likely N-dealkylation sites (N-methyl/N-ethyl adjacent to an activating group) is 1. The minimum atomic E-state index is -0.309. The van der Waals surface area contributed by atoms with Crippen molar-refractivity contribution in [1.29, 1.82) is 0 Å². The number of anilines is 2. The first kappa shape index (κ1) is 11.5. The predicted molar refractivity (Wildman–Crippen MR) is 59.0 cm³/mol. The molecule has 6 heteroatoms. The second kappa shape index (κ2) is 5.35. The molecule has 0 saturated carbocycles. The van der Waals surface area contributed by atoms with Gasteiger partial charge in [0.25, 0.3) is 5.56 Å². The lowest BCUT2D eigenvalue weighted by molar-refractivity contribution is 0.205. The molecular formula is C9H16N4O2. The van der Waals surface area contributed by atoms with Gasteiger partial charge in [-0.2, -0.15) is 0 Å². The molecule has 1 heterocycles. The molecule has 84 valence electrons. The Kier molecular flexibility index (Phi) is 4.11. The lowest BCUT2D eigenvalue weighted by Crippen LogP contribution is -2.30. The molecule has 1 rings (SSSR count). The third-order valence-corrected chi connectivity index (χ3v) is 2.11. The SMILES string of the molecule is CCN(CCOC)c1nc[nH]c(=O)c1N. The molecule has 0 aliphatic heterocycles. The number of rotatable bonds is 5. The highest BCUT2D eigenvalue weighted by atomic mass is 16.5. The van der Waals surface area contributed by atoms with E-state index in [0.29, 0.717) is 19.0 Å². The maximum absolute atomic E-state index is 11.3. The van der Waals surface area contributed by atoms with Crippen LogP contribution < -0.4 is 16.2 Å². The molecule has 0 radical (unpaired) electrons. The maximum Gasteiger partial charge on any atom is 0.276 e. The fourth-order valence-corrected chi connectivity index (χ4v) is 1.27. The summed E-state index contributed by atoms with van der Waals surface area (Å²) in [6, 6.07) is 0. The van der Waals surface area contributed by atoms with E-state index in [2.05, 4.69) is 9.97 Å². The van der Waals surface area contributed by atoms with Crippen molar-refractivity contribution < 1.29 is 4.74 Å². The van der Waals surface area contributed by atoms with Gasteiger partial charge in [-0.25, -0.2) is 4.98 Å². The number of nitrogen functional groups attached to an aromatic ring is 1. The van der Waals surface area contributed by atoms with Crippen molar-refractivity contribution in [2.45, 2.75) is 6.92 Å². The molecule has 15 heavy (non-hydrogen) atoms. The molecule has 0 unspecified atom stereocenters. The van der Waals surface area contributed by atoms with Crippen LogP contribution in [0.3, 0.4) is 0 Å². The van der Waals surface area contributed by atoms with E-state index in [-0.39, 0.29) is 11.2 Å². The van der Waals surface area contributed by atoms with Crippen LogP contribution in [-0.4, -0.2) is 36.8 Å². The van der Waals surface area contributed by atoms with Crippen LogP contribution in [0.2, 0.25) is 0 Å². The smallest absolute Gasteiger partial charge is 0.276 e. The Balaban J connectivity index is 2.91. The van der Waals surface area contributed by atoms with E-state index in [9.17, 15) is 4.79 Å². The zero-order valence-corrected chi connectivity index (χ0v) is 8.99. The number of aromatic amines is 1. The second-order valence-corrected chi connectivity index (χ2v) is 3.04. The molecule has 0 atom stereocenters. The topological polar surface area (TPSA) is 84.2 Å². The summed E-state index contributed by atoms with van der Waals surface area (Å²) in [6.07, 6.45) is 1.35. The molecule has 0 aromatic carbocycles. The zero-order chi connectivity index (χ0) is 11.3. The summed E-state index contributed by atoms with van der Waals surface area (Å²) in [5.41, 5.74) is 5.48. The van der Waals surface area contributed by atoms with Crippen molar-refractivity contribution in [3.05, 3.63) is 16.7 Å². The molecule has 0 amide bonds. The fourth-order valence-electron chi connectivity index (χ4n) is 1.27. The molecule has 0 fully saturated rings. The second-order valence-electron chi connectivity index (χ2n) is 3.04. The van der Waals surface area contributed by atoms with Crippen LogP contribution in [0.15, 0.2) is 11.1 Å². The average molecular weight is 212 g/mol. The van der Waals surface area contributed by atoms with Gasteiger partial charge in [-0.3, -0.25) is 4.79 Å². The Labute approximate surface area is 88.1 Å². The summed E-state index contributed by atoms with van der Waals surface area (Å²) in [4.78, 5) is 19.6. The van der Waals surface area contributed by atoms with Crippen molar-refractivity contribution in [2.75, 3.05) is 37.4 Å². The van der Waals surface area contributed by atoms with E-state index >= 15 is 0 Å². The molecule has 3 N–H and O–H groups in total.